The van der Waals surface area contributed by atoms with Gasteiger partial charge in [0.1, 0.15) is 0 Å². The zero-order chi connectivity index (χ0) is 24.2. The second-order valence-corrected chi connectivity index (χ2v) is 11.8. The first-order valence-electron chi connectivity index (χ1n) is 9.11. The lowest BCUT2D eigenvalue weighted by atomic mass is 10.2. The van der Waals surface area contributed by atoms with Gasteiger partial charge in [0.15, 0.2) is 4.34 Å². The van der Waals surface area contributed by atoms with Crippen LogP contribution in [-0.4, -0.2) is 54.6 Å². The molecular weight excluding hydrogens is 529 g/mol. The molecular formula is C19H17Cl2N5O4S3. The van der Waals surface area contributed by atoms with E-state index in [2.05, 4.69) is 20.8 Å². The number of thioether (sulfide) groups is 1. The number of hydrogen-bond acceptors (Lipinski definition) is 8. The van der Waals surface area contributed by atoms with Gasteiger partial charge in [0.05, 0.1) is 20.7 Å². The summed E-state index contributed by atoms with van der Waals surface area (Å²) in [5.41, 5.74) is 0.780. The lowest BCUT2D eigenvalue weighted by molar-refractivity contribution is -0.113. The van der Waals surface area contributed by atoms with E-state index < -0.39 is 15.9 Å². The molecule has 33 heavy (non-hydrogen) atoms. The van der Waals surface area contributed by atoms with Crippen molar-refractivity contribution in [3.8, 4) is 0 Å². The van der Waals surface area contributed by atoms with E-state index in [1.165, 1.54) is 38.4 Å². The highest BCUT2D eigenvalue weighted by molar-refractivity contribution is 8.01. The molecule has 1 aromatic heterocycles. The minimum atomic E-state index is -3.58. The van der Waals surface area contributed by atoms with Crippen molar-refractivity contribution in [2.24, 2.45) is 0 Å². The predicted octanol–water partition coefficient (Wildman–Crippen LogP) is 4.08. The maximum atomic E-state index is 12.4. The van der Waals surface area contributed by atoms with Crippen molar-refractivity contribution in [2.45, 2.75) is 9.24 Å². The molecule has 0 atom stereocenters. The third kappa shape index (κ3) is 6.65. The summed E-state index contributed by atoms with van der Waals surface area (Å²) < 4.78 is 25.8. The number of nitrogens with one attached hydrogen (secondary N) is 2. The summed E-state index contributed by atoms with van der Waals surface area (Å²) in [6, 6.07) is 10.3. The molecule has 2 aromatic carbocycles. The predicted molar refractivity (Wildman–Crippen MR) is 131 cm³/mol. The Morgan fingerprint density at radius 2 is 1.73 bits per heavy atom. The smallest absolute Gasteiger partial charge is 0.257 e. The van der Waals surface area contributed by atoms with Gasteiger partial charge in [-0.1, -0.05) is 46.3 Å². The van der Waals surface area contributed by atoms with Gasteiger partial charge in [-0.25, -0.2) is 12.7 Å². The minimum absolute atomic E-state index is 0.0740. The van der Waals surface area contributed by atoms with Crippen LogP contribution in [-0.2, 0) is 14.8 Å². The number of carbonyl (C=O) groups excluding carboxylic acids is 2. The molecule has 3 rings (SSSR count). The van der Waals surface area contributed by atoms with E-state index in [-0.39, 0.29) is 27.3 Å². The van der Waals surface area contributed by atoms with Crippen LogP contribution in [0.25, 0.3) is 0 Å². The fourth-order valence-electron chi connectivity index (χ4n) is 2.38. The second kappa shape index (κ2) is 10.8. The van der Waals surface area contributed by atoms with Gasteiger partial charge in [0.25, 0.3) is 5.91 Å². The Morgan fingerprint density at radius 3 is 2.36 bits per heavy atom. The van der Waals surface area contributed by atoms with Crippen LogP contribution in [0.1, 0.15) is 10.4 Å². The van der Waals surface area contributed by atoms with Crippen molar-refractivity contribution in [3.05, 3.63) is 58.1 Å². The molecule has 3 aromatic rings. The Labute approximate surface area is 208 Å². The zero-order valence-corrected chi connectivity index (χ0v) is 21.2. The average molecular weight is 546 g/mol. The summed E-state index contributed by atoms with van der Waals surface area (Å²) in [4.78, 5) is 24.6. The van der Waals surface area contributed by atoms with E-state index in [1.54, 1.807) is 18.2 Å². The summed E-state index contributed by atoms with van der Waals surface area (Å²) in [7, 11) is -0.722. The Kier molecular flexibility index (Phi) is 8.32. The van der Waals surface area contributed by atoms with Crippen molar-refractivity contribution in [1.82, 2.24) is 14.5 Å². The van der Waals surface area contributed by atoms with E-state index in [4.69, 9.17) is 23.2 Å². The molecule has 9 nitrogen and oxygen atoms in total. The van der Waals surface area contributed by atoms with Crippen LogP contribution in [0.15, 0.2) is 51.7 Å². The Bertz CT molecular complexity index is 1280. The number of carbonyl (C=O) groups is 2. The lowest BCUT2D eigenvalue weighted by Crippen LogP contribution is -2.22. The molecule has 0 saturated heterocycles. The third-order valence-corrected chi connectivity index (χ3v) is 8.59. The molecule has 0 aliphatic rings. The van der Waals surface area contributed by atoms with Gasteiger partial charge in [-0.15, -0.1) is 10.2 Å². The molecule has 0 spiro atoms. The molecule has 2 N–H and O–H groups in total. The molecule has 2 amide bonds. The number of anilines is 2. The molecule has 14 heteroatoms. The standard InChI is InChI=1S/C19H17Cl2N5O4S3/c1-26(2)33(29,30)13-6-3-11(4-7-13)17(28)23-18-24-25-19(32-18)31-10-16(27)22-12-5-8-14(20)15(21)9-12/h3-9H,10H2,1-2H3,(H,22,27)(H,23,24,28). The Morgan fingerprint density at radius 1 is 1.03 bits per heavy atom. The molecule has 0 unspecified atom stereocenters. The van der Waals surface area contributed by atoms with Gasteiger partial charge in [-0.05, 0) is 42.5 Å². The van der Waals surface area contributed by atoms with Crippen LogP contribution in [0.3, 0.4) is 0 Å². The summed E-state index contributed by atoms with van der Waals surface area (Å²) in [6.45, 7) is 0. The quantitative estimate of drug-likeness (QED) is 0.323. The molecule has 0 radical (unpaired) electrons. The number of amides is 2. The minimum Gasteiger partial charge on any atom is -0.325 e. The molecule has 0 fully saturated rings. The van der Waals surface area contributed by atoms with Gasteiger partial charge in [-0.2, -0.15) is 0 Å². The second-order valence-electron chi connectivity index (χ2n) is 6.60. The summed E-state index contributed by atoms with van der Waals surface area (Å²) >= 11 is 14.0. The highest BCUT2D eigenvalue weighted by atomic mass is 35.5. The van der Waals surface area contributed by atoms with E-state index in [9.17, 15) is 18.0 Å². The van der Waals surface area contributed by atoms with Crippen LogP contribution in [0.4, 0.5) is 10.8 Å². The van der Waals surface area contributed by atoms with Crippen LogP contribution < -0.4 is 10.6 Å². The van der Waals surface area contributed by atoms with Gasteiger partial charge in [-0.3, -0.25) is 14.9 Å². The molecule has 0 aliphatic heterocycles. The van der Waals surface area contributed by atoms with Crippen LogP contribution in [0.5, 0.6) is 0 Å². The third-order valence-electron chi connectivity index (χ3n) is 4.05. The van der Waals surface area contributed by atoms with Crippen molar-refractivity contribution < 1.29 is 18.0 Å². The van der Waals surface area contributed by atoms with Gasteiger partial charge in [0, 0.05) is 25.3 Å². The Hall–Kier alpha value is -2.22. The monoisotopic (exact) mass is 545 g/mol. The normalized spacial score (nSPS) is 11.4. The number of sulfonamides is 1. The van der Waals surface area contributed by atoms with E-state index in [1.807, 2.05) is 0 Å². The summed E-state index contributed by atoms with van der Waals surface area (Å²) in [6.07, 6.45) is 0. The molecule has 1 heterocycles. The van der Waals surface area contributed by atoms with Gasteiger partial charge >= 0.3 is 0 Å². The average Bonchev–Trinajstić information content (AvgIpc) is 3.22. The van der Waals surface area contributed by atoms with Crippen LogP contribution >= 0.6 is 46.3 Å². The number of aromatic nitrogens is 2. The Balaban J connectivity index is 1.54. The number of nitrogens with zero attached hydrogens (tertiary/aromatic N) is 3. The van der Waals surface area contributed by atoms with Crippen LogP contribution in [0.2, 0.25) is 10.0 Å². The van der Waals surface area contributed by atoms with Gasteiger partial charge < -0.3 is 5.32 Å². The molecule has 0 bridgehead atoms. The fourth-order valence-corrected chi connectivity index (χ4v) is 5.12. The molecule has 0 aliphatic carbocycles. The largest absolute Gasteiger partial charge is 0.325 e. The maximum Gasteiger partial charge on any atom is 0.257 e. The van der Waals surface area contributed by atoms with Gasteiger partial charge in [0.2, 0.25) is 21.1 Å². The van der Waals surface area contributed by atoms with Crippen molar-refractivity contribution in [3.63, 3.8) is 0 Å². The number of halogens is 2. The van der Waals surface area contributed by atoms with Crippen molar-refractivity contribution >= 4 is 79.0 Å². The summed E-state index contributed by atoms with van der Waals surface area (Å²) in [5.74, 6) is -0.661. The van der Waals surface area contributed by atoms with Crippen molar-refractivity contribution in [2.75, 3.05) is 30.5 Å². The van der Waals surface area contributed by atoms with E-state index in [0.717, 1.165) is 27.4 Å². The summed E-state index contributed by atoms with van der Waals surface area (Å²) in [5, 5.41) is 14.1. The highest BCUT2D eigenvalue weighted by Gasteiger charge is 2.18. The first-order chi connectivity index (χ1) is 15.6. The molecule has 174 valence electrons. The maximum absolute atomic E-state index is 12.4. The van der Waals surface area contributed by atoms with E-state index >= 15 is 0 Å². The number of benzene rings is 2. The number of hydrogen-bond donors (Lipinski definition) is 2. The number of rotatable bonds is 8. The zero-order valence-electron chi connectivity index (χ0n) is 17.2. The lowest BCUT2D eigenvalue weighted by Gasteiger charge is -2.11. The van der Waals surface area contributed by atoms with Crippen molar-refractivity contribution in [1.29, 1.82) is 0 Å². The topological polar surface area (TPSA) is 121 Å². The fraction of sp³-hybridized carbons (Fsp3) is 0.158. The van der Waals surface area contributed by atoms with E-state index in [0.29, 0.717) is 20.1 Å². The van der Waals surface area contributed by atoms with Crippen LogP contribution in [0, 0.1) is 0 Å². The first-order valence-corrected chi connectivity index (χ1v) is 13.1. The highest BCUT2D eigenvalue weighted by Crippen LogP contribution is 2.27. The SMILES string of the molecule is CN(C)S(=O)(=O)c1ccc(C(=O)Nc2nnc(SCC(=O)Nc3ccc(Cl)c(Cl)c3)s2)cc1. The first kappa shape index (κ1) is 25.4. The molecule has 0 saturated carbocycles.